The topological polar surface area (TPSA) is 43.4 Å². The number of aryl methyl sites for hydroxylation is 1. The van der Waals surface area contributed by atoms with Gasteiger partial charge in [-0.1, -0.05) is 22.5 Å². The van der Waals surface area contributed by atoms with Crippen LogP contribution in [-0.4, -0.2) is 15.0 Å². The number of halogens is 2. The maximum atomic E-state index is 11.4. The summed E-state index contributed by atoms with van der Waals surface area (Å²) in [7, 11) is 1.53. The van der Waals surface area contributed by atoms with Crippen molar-refractivity contribution in [1.82, 2.24) is 0 Å². The molecule has 0 unspecified atom stereocenters. The predicted molar refractivity (Wildman–Crippen MR) is 72.2 cm³/mol. The van der Waals surface area contributed by atoms with Crippen molar-refractivity contribution in [3.8, 4) is 5.75 Å². The third kappa shape index (κ3) is 4.01. The van der Waals surface area contributed by atoms with Gasteiger partial charge in [0.1, 0.15) is 17.3 Å². The average molecular weight is 340 g/mol. The van der Waals surface area contributed by atoms with E-state index < -0.39 is 9.05 Å². The summed E-state index contributed by atoms with van der Waals surface area (Å²) in [6.07, 6.45) is 0. The van der Waals surface area contributed by atoms with Crippen LogP contribution in [0.4, 0.5) is 0 Å². The van der Waals surface area contributed by atoms with E-state index in [2.05, 4.69) is 22.5 Å². The molecule has 0 saturated heterocycles. The zero-order valence-corrected chi connectivity index (χ0v) is 12.6. The number of rotatable bonds is 4. The van der Waals surface area contributed by atoms with Crippen molar-refractivity contribution in [3.63, 3.8) is 0 Å². The summed E-state index contributed by atoms with van der Waals surface area (Å²) in [5.74, 6) is 0.270. The second kappa shape index (κ2) is 5.42. The zero-order chi connectivity index (χ0) is 13.2. The van der Waals surface area contributed by atoms with Crippen LogP contribution in [0.15, 0.2) is 33.7 Å². The van der Waals surface area contributed by atoms with E-state index in [1.54, 1.807) is 19.9 Å². The van der Waals surface area contributed by atoms with Gasteiger partial charge in [-0.25, -0.2) is 8.42 Å². The molecule has 0 aliphatic rings. The van der Waals surface area contributed by atoms with Crippen molar-refractivity contribution < 1.29 is 13.2 Å². The highest BCUT2D eigenvalue weighted by atomic mass is 79.9. The minimum atomic E-state index is -3.84. The van der Waals surface area contributed by atoms with Crippen molar-refractivity contribution in [1.29, 1.82) is 0 Å². The third-order valence-corrected chi connectivity index (χ3v) is 3.72. The van der Waals surface area contributed by atoms with E-state index in [0.717, 1.165) is 5.57 Å². The first-order valence-corrected chi connectivity index (χ1v) is 7.84. The van der Waals surface area contributed by atoms with Gasteiger partial charge in [-0.05, 0) is 37.1 Å². The largest absolute Gasteiger partial charge is 0.488 e. The predicted octanol–water partition coefficient (Wildman–Crippen LogP) is 3.64. The Labute approximate surface area is 114 Å². The fourth-order valence-corrected chi connectivity index (χ4v) is 3.04. The molecule has 94 valence electrons. The molecular formula is C11H12BrClO3S. The fraction of sp³-hybridized carbons (Fsp3) is 0.273. The Morgan fingerprint density at radius 1 is 1.53 bits per heavy atom. The molecule has 0 heterocycles. The lowest BCUT2D eigenvalue weighted by molar-refractivity contribution is 0.341. The summed E-state index contributed by atoms with van der Waals surface area (Å²) in [6.45, 7) is 7.49. The molecule has 1 aromatic carbocycles. The molecule has 0 fully saturated rings. The highest BCUT2D eigenvalue weighted by Gasteiger charge is 2.19. The second-order valence-electron chi connectivity index (χ2n) is 3.73. The van der Waals surface area contributed by atoms with Gasteiger partial charge in [0.2, 0.25) is 0 Å². The van der Waals surface area contributed by atoms with Gasteiger partial charge in [-0.2, -0.15) is 0 Å². The monoisotopic (exact) mass is 338 g/mol. The lowest BCUT2D eigenvalue weighted by Crippen LogP contribution is -2.04. The van der Waals surface area contributed by atoms with E-state index in [9.17, 15) is 8.42 Å². The maximum Gasteiger partial charge on any atom is 0.265 e. The van der Waals surface area contributed by atoms with Gasteiger partial charge in [0.05, 0.1) is 0 Å². The van der Waals surface area contributed by atoms with Crippen LogP contribution < -0.4 is 4.74 Å². The van der Waals surface area contributed by atoms with Crippen LogP contribution in [0.2, 0.25) is 0 Å². The SMILES string of the molecule is C=C(C)COc1c(C)cc(Br)cc1S(=O)(=O)Cl. The Kier molecular flexibility index (Phi) is 4.63. The van der Waals surface area contributed by atoms with Crippen LogP contribution in [-0.2, 0) is 9.05 Å². The molecule has 0 amide bonds. The fourth-order valence-electron chi connectivity index (χ4n) is 1.26. The molecular weight excluding hydrogens is 328 g/mol. The van der Waals surface area contributed by atoms with Gasteiger partial charge in [-0.15, -0.1) is 0 Å². The highest BCUT2D eigenvalue weighted by Crippen LogP contribution is 2.33. The summed E-state index contributed by atoms with van der Waals surface area (Å²) < 4.78 is 29.0. The molecule has 0 N–H and O–H groups in total. The molecule has 0 aliphatic carbocycles. The molecule has 0 aromatic heterocycles. The zero-order valence-electron chi connectivity index (χ0n) is 9.46. The molecule has 1 aromatic rings. The first kappa shape index (κ1) is 14.5. The van der Waals surface area contributed by atoms with Gasteiger partial charge in [-0.3, -0.25) is 0 Å². The molecule has 17 heavy (non-hydrogen) atoms. The van der Waals surface area contributed by atoms with Crippen molar-refractivity contribution in [2.24, 2.45) is 0 Å². The van der Waals surface area contributed by atoms with E-state index in [-0.39, 0.29) is 17.3 Å². The second-order valence-corrected chi connectivity index (χ2v) is 7.18. The summed E-state index contributed by atoms with van der Waals surface area (Å²) in [6, 6.07) is 3.18. The van der Waals surface area contributed by atoms with Gasteiger partial charge < -0.3 is 4.74 Å². The average Bonchev–Trinajstić information content (AvgIpc) is 2.13. The number of hydrogen-bond acceptors (Lipinski definition) is 3. The van der Waals surface area contributed by atoms with Crippen LogP contribution >= 0.6 is 26.6 Å². The lowest BCUT2D eigenvalue weighted by Gasteiger charge is -2.13. The van der Waals surface area contributed by atoms with Crippen molar-refractivity contribution in [2.45, 2.75) is 18.7 Å². The quantitative estimate of drug-likeness (QED) is 0.621. The van der Waals surface area contributed by atoms with Gasteiger partial charge in [0.25, 0.3) is 9.05 Å². The van der Waals surface area contributed by atoms with Crippen molar-refractivity contribution in [2.75, 3.05) is 6.61 Å². The molecule has 6 heteroatoms. The maximum absolute atomic E-state index is 11.4. The molecule has 0 aliphatic heterocycles. The number of hydrogen-bond donors (Lipinski definition) is 0. The smallest absolute Gasteiger partial charge is 0.265 e. The Morgan fingerprint density at radius 3 is 2.59 bits per heavy atom. The number of benzene rings is 1. The summed E-state index contributed by atoms with van der Waals surface area (Å²) in [5, 5.41) is 0. The van der Waals surface area contributed by atoms with Crippen LogP contribution in [0.25, 0.3) is 0 Å². The van der Waals surface area contributed by atoms with Gasteiger partial charge in [0, 0.05) is 15.2 Å². The van der Waals surface area contributed by atoms with Crippen LogP contribution in [0, 0.1) is 6.92 Å². The Bertz CT molecular complexity index is 552. The van der Waals surface area contributed by atoms with Crippen LogP contribution in [0.3, 0.4) is 0 Å². The number of ether oxygens (including phenoxy) is 1. The molecule has 0 bridgehead atoms. The first-order chi connectivity index (χ1) is 7.71. The third-order valence-electron chi connectivity index (χ3n) is 1.93. The molecule has 3 nitrogen and oxygen atoms in total. The van der Waals surface area contributed by atoms with Crippen molar-refractivity contribution >= 4 is 35.7 Å². The van der Waals surface area contributed by atoms with E-state index >= 15 is 0 Å². The minimum absolute atomic E-state index is 0.0349. The van der Waals surface area contributed by atoms with E-state index in [4.69, 9.17) is 15.4 Å². The molecule has 0 radical (unpaired) electrons. The highest BCUT2D eigenvalue weighted by molar-refractivity contribution is 9.10. The molecule has 0 saturated carbocycles. The van der Waals surface area contributed by atoms with E-state index in [1.165, 1.54) is 6.07 Å². The normalized spacial score (nSPS) is 11.3. The Balaban J connectivity index is 3.31. The van der Waals surface area contributed by atoms with Gasteiger partial charge >= 0.3 is 0 Å². The first-order valence-electron chi connectivity index (χ1n) is 4.74. The van der Waals surface area contributed by atoms with Crippen LogP contribution in [0.1, 0.15) is 12.5 Å². The Hall–Kier alpha value is -0.520. The lowest BCUT2D eigenvalue weighted by atomic mass is 10.2. The van der Waals surface area contributed by atoms with Gasteiger partial charge in [0.15, 0.2) is 0 Å². The van der Waals surface area contributed by atoms with Crippen LogP contribution in [0.5, 0.6) is 5.75 Å². The van der Waals surface area contributed by atoms with E-state index in [0.29, 0.717) is 10.0 Å². The standard InChI is InChI=1S/C11H12BrClO3S/c1-7(2)6-16-11-8(3)4-9(12)5-10(11)17(13,14)15/h4-5H,1,6H2,2-3H3. The molecule has 0 spiro atoms. The summed E-state index contributed by atoms with van der Waals surface area (Å²) >= 11 is 3.22. The molecule has 1 rings (SSSR count). The molecule has 0 atom stereocenters. The minimum Gasteiger partial charge on any atom is -0.488 e. The summed E-state index contributed by atoms with van der Waals surface area (Å²) in [5.41, 5.74) is 1.49. The van der Waals surface area contributed by atoms with E-state index in [1.807, 2.05) is 0 Å². The Morgan fingerprint density at radius 2 is 2.12 bits per heavy atom. The summed E-state index contributed by atoms with van der Waals surface area (Å²) in [4.78, 5) is -0.0349. The van der Waals surface area contributed by atoms with Crippen molar-refractivity contribution in [3.05, 3.63) is 34.3 Å².